The topological polar surface area (TPSA) is 94.4 Å². The number of nitrogens with two attached hydrogens (primary N) is 1. The number of methoxy groups -OCH3 is 1. The van der Waals surface area contributed by atoms with Gasteiger partial charge in [0.15, 0.2) is 0 Å². The first-order valence-corrected chi connectivity index (χ1v) is 5.75. The predicted octanol–water partition coefficient (Wildman–Crippen LogP) is 1.71. The largest absolute Gasteiger partial charge is 0.465 e. The van der Waals surface area contributed by atoms with Gasteiger partial charge in [0, 0.05) is 5.39 Å². The first-order valence-electron chi connectivity index (χ1n) is 5.75. The summed E-state index contributed by atoms with van der Waals surface area (Å²) in [6.07, 6.45) is 0. The predicted molar refractivity (Wildman–Crippen MR) is 70.0 cm³/mol. The quantitative estimate of drug-likeness (QED) is 0.821. The van der Waals surface area contributed by atoms with E-state index < -0.39 is 11.9 Å². The average Bonchev–Trinajstić information content (AvgIpc) is 2.73. The second-order valence-electron chi connectivity index (χ2n) is 3.85. The molecule has 0 spiro atoms. The number of H-pyrrole nitrogens is 1. The molecule has 3 N–H and O–H groups in total. The van der Waals surface area contributed by atoms with Crippen LogP contribution in [0.3, 0.4) is 0 Å². The highest BCUT2D eigenvalue weighted by atomic mass is 16.5. The smallest absolute Gasteiger partial charge is 0.342 e. The van der Waals surface area contributed by atoms with Crippen molar-refractivity contribution in [3.05, 3.63) is 29.3 Å². The molecule has 0 aliphatic carbocycles. The summed E-state index contributed by atoms with van der Waals surface area (Å²) >= 11 is 0. The average molecular weight is 262 g/mol. The molecule has 0 amide bonds. The van der Waals surface area contributed by atoms with E-state index >= 15 is 0 Å². The molecule has 1 aromatic carbocycles. The number of ether oxygens (including phenoxy) is 2. The molecule has 2 rings (SSSR count). The Morgan fingerprint density at radius 3 is 2.68 bits per heavy atom. The van der Waals surface area contributed by atoms with Gasteiger partial charge in [-0.3, -0.25) is 0 Å². The van der Waals surface area contributed by atoms with E-state index in [1.807, 2.05) is 0 Å². The minimum atomic E-state index is -0.520. The van der Waals surface area contributed by atoms with Crippen molar-refractivity contribution in [3.63, 3.8) is 0 Å². The van der Waals surface area contributed by atoms with Gasteiger partial charge in [-0.15, -0.1) is 0 Å². The van der Waals surface area contributed by atoms with Crippen molar-refractivity contribution >= 4 is 28.7 Å². The Labute approximate surface area is 109 Å². The molecule has 19 heavy (non-hydrogen) atoms. The van der Waals surface area contributed by atoms with Crippen LogP contribution < -0.4 is 5.73 Å². The summed E-state index contributed by atoms with van der Waals surface area (Å²) in [5.41, 5.74) is 6.81. The van der Waals surface area contributed by atoms with Crippen LogP contribution in [0, 0.1) is 0 Å². The van der Waals surface area contributed by atoms with E-state index in [4.69, 9.17) is 10.5 Å². The number of benzene rings is 1. The molecule has 100 valence electrons. The van der Waals surface area contributed by atoms with E-state index in [1.165, 1.54) is 7.11 Å². The van der Waals surface area contributed by atoms with E-state index in [1.54, 1.807) is 25.1 Å². The van der Waals surface area contributed by atoms with Crippen molar-refractivity contribution in [2.75, 3.05) is 19.5 Å². The standard InChI is InChI=1S/C13H14N2O4/c1-3-19-13(17)9-7-5-4-6-8(12(16)18-2)10(7)15-11(9)14/h4-6,15H,3,14H2,1-2H3. The summed E-state index contributed by atoms with van der Waals surface area (Å²) in [6.45, 7) is 1.96. The molecule has 0 saturated carbocycles. The highest BCUT2D eigenvalue weighted by Gasteiger charge is 2.21. The third-order valence-electron chi connectivity index (χ3n) is 2.75. The van der Waals surface area contributed by atoms with Crippen LogP contribution >= 0.6 is 0 Å². The summed E-state index contributed by atoms with van der Waals surface area (Å²) in [5, 5.41) is 0.541. The van der Waals surface area contributed by atoms with Crippen LogP contribution in [0.5, 0.6) is 0 Å². The van der Waals surface area contributed by atoms with Crippen molar-refractivity contribution in [1.29, 1.82) is 0 Å². The van der Waals surface area contributed by atoms with Crippen LogP contribution in [0.2, 0.25) is 0 Å². The summed E-state index contributed by atoms with van der Waals surface area (Å²) in [4.78, 5) is 26.3. The van der Waals surface area contributed by atoms with E-state index in [-0.39, 0.29) is 18.0 Å². The van der Waals surface area contributed by atoms with Gasteiger partial charge in [0.05, 0.1) is 24.8 Å². The Kier molecular flexibility index (Phi) is 3.41. The minimum Gasteiger partial charge on any atom is -0.465 e. The number of esters is 2. The molecule has 6 nitrogen and oxygen atoms in total. The van der Waals surface area contributed by atoms with Crippen LogP contribution in [-0.4, -0.2) is 30.6 Å². The maximum atomic E-state index is 11.9. The first-order chi connectivity index (χ1) is 9.10. The number of para-hydroxylation sites is 1. The summed E-state index contributed by atoms with van der Waals surface area (Å²) < 4.78 is 9.63. The summed E-state index contributed by atoms with van der Waals surface area (Å²) in [5.74, 6) is -0.847. The summed E-state index contributed by atoms with van der Waals surface area (Å²) in [6, 6.07) is 4.95. The van der Waals surface area contributed by atoms with Crippen molar-refractivity contribution in [3.8, 4) is 0 Å². The zero-order chi connectivity index (χ0) is 14.0. The molecule has 0 aliphatic rings. The number of carbonyl (C=O) groups is 2. The molecule has 2 aromatic rings. The van der Waals surface area contributed by atoms with Gasteiger partial charge in [-0.2, -0.15) is 0 Å². The Morgan fingerprint density at radius 1 is 1.32 bits per heavy atom. The number of nitrogen functional groups attached to an aromatic ring is 1. The maximum absolute atomic E-state index is 11.9. The number of anilines is 1. The van der Waals surface area contributed by atoms with Crippen molar-refractivity contribution in [2.24, 2.45) is 0 Å². The number of carbonyl (C=O) groups excluding carboxylic acids is 2. The first kappa shape index (κ1) is 12.9. The van der Waals surface area contributed by atoms with E-state index in [0.29, 0.717) is 16.5 Å². The fraction of sp³-hybridized carbons (Fsp3) is 0.231. The molecule has 0 radical (unpaired) electrons. The lowest BCUT2D eigenvalue weighted by Gasteiger charge is -2.02. The lowest BCUT2D eigenvalue weighted by molar-refractivity contribution is 0.0528. The van der Waals surface area contributed by atoms with Crippen LogP contribution in [0.15, 0.2) is 18.2 Å². The lowest BCUT2D eigenvalue weighted by Crippen LogP contribution is -2.06. The van der Waals surface area contributed by atoms with Gasteiger partial charge in [-0.25, -0.2) is 9.59 Å². The monoisotopic (exact) mass is 262 g/mol. The molecule has 0 fully saturated rings. The number of fused-ring (bicyclic) bond motifs is 1. The third kappa shape index (κ3) is 2.12. The van der Waals surface area contributed by atoms with Crippen LogP contribution in [-0.2, 0) is 9.47 Å². The van der Waals surface area contributed by atoms with Crippen LogP contribution in [0.25, 0.3) is 10.9 Å². The molecule has 0 bridgehead atoms. The van der Waals surface area contributed by atoms with Crippen molar-refractivity contribution < 1.29 is 19.1 Å². The number of nitrogens with one attached hydrogen (secondary N) is 1. The minimum absolute atomic E-state index is 0.171. The van der Waals surface area contributed by atoms with Gasteiger partial charge in [0.2, 0.25) is 0 Å². The Balaban J connectivity index is 2.65. The molecule has 0 aliphatic heterocycles. The molecule has 6 heteroatoms. The van der Waals surface area contributed by atoms with Crippen LogP contribution in [0.1, 0.15) is 27.6 Å². The van der Waals surface area contributed by atoms with E-state index in [0.717, 1.165) is 0 Å². The second-order valence-corrected chi connectivity index (χ2v) is 3.85. The fourth-order valence-electron chi connectivity index (χ4n) is 1.94. The lowest BCUT2D eigenvalue weighted by atomic mass is 10.1. The Bertz CT molecular complexity index is 645. The van der Waals surface area contributed by atoms with Gasteiger partial charge in [-0.1, -0.05) is 12.1 Å². The van der Waals surface area contributed by atoms with Crippen LogP contribution in [0.4, 0.5) is 5.82 Å². The number of aromatic nitrogens is 1. The molecular weight excluding hydrogens is 248 g/mol. The van der Waals surface area contributed by atoms with Gasteiger partial charge >= 0.3 is 11.9 Å². The van der Waals surface area contributed by atoms with E-state index in [2.05, 4.69) is 9.72 Å². The van der Waals surface area contributed by atoms with E-state index in [9.17, 15) is 9.59 Å². The fourth-order valence-corrected chi connectivity index (χ4v) is 1.94. The molecule has 1 heterocycles. The molecule has 0 atom stereocenters. The summed E-state index contributed by atoms with van der Waals surface area (Å²) in [7, 11) is 1.29. The van der Waals surface area contributed by atoms with Gasteiger partial charge in [0.25, 0.3) is 0 Å². The highest BCUT2D eigenvalue weighted by Crippen LogP contribution is 2.27. The van der Waals surface area contributed by atoms with Gasteiger partial charge < -0.3 is 20.2 Å². The number of rotatable bonds is 3. The third-order valence-corrected chi connectivity index (χ3v) is 2.75. The zero-order valence-corrected chi connectivity index (χ0v) is 10.6. The SMILES string of the molecule is CCOC(=O)c1c(N)[nH]c2c(C(=O)OC)cccc12. The molecular formula is C13H14N2O4. The molecule has 0 unspecified atom stereocenters. The Morgan fingerprint density at radius 2 is 2.05 bits per heavy atom. The van der Waals surface area contributed by atoms with Crippen molar-refractivity contribution in [1.82, 2.24) is 4.98 Å². The molecule has 1 aromatic heterocycles. The maximum Gasteiger partial charge on any atom is 0.342 e. The second kappa shape index (κ2) is 5.01. The number of aromatic amines is 1. The van der Waals surface area contributed by atoms with Crippen molar-refractivity contribution in [2.45, 2.75) is 6.92 Å². The highest BCUT2D eigenvalue weighted by molar-refractivity contribution is 6.13. The number of hydrogen-bond acceptors (Lipinski definition) is 5. The van der Waals surface area contributed by atoms with Gasteiger partial charge in [0.1, 0.15) is 11.4 Å². The Hall–Kier alpha value is -2.50. The normalized spacial score (nSPS) is 10.4. The van der Waals surface area contributed by atoms with Gasteiger partial charge in [-0.05, 0) is 13.0 Å². The number of hydrogen-bond donors (Lipinski definition) is 2. The molecule has 0 saturated heterocycles. The zero-order valence-electron chi connectivity index (χ0n) is 10.6.